The SMILES string of the molecule is O=C(c1cnc2ccccn2c1=O)N1CCC(C(O)c2cccs2)CC1. The number of fused-ring (bicyclic) bond motifs is 1. The van der Waals surface area contributed by atoms with Gasteiger partial charge in [0, 0.05) is 30.4 Å². The first-order chi connectivity index (χ1) is 12.6. The second-order valence-electron chi connectivity index (χ2n) is 6.50. The zero-order valence-electron chi connectivity index (χ0n) is 14.1. The Balaban J connectivity index is 1.49. The zero-order valence-corrected chi connectivity index (χ0v) is 14.9. The molecule has 3 aromatic heterocycles. The van der Waals surface area contributed by atoms with E-state index in [0.29, 0.717) is 31.6 Å². The van der Waals surface area contributed by atoms with E-state index >= 15 is 0 Å². The summed E-state index contributed by atoms with van der Waals surface area (Å²) in [6.45, 7) is 1.06. The van der Waals surface area contributed by atoms with Crippen molar-refractivity contribution in [3.05, 3.63) is 68.9 Å². The molecule has 0 radical (unpaired) electrons. The molecule has 1 atom stereocenters. The van der Waals surface area contributed by atoms with Crippen molar-refractivity contribution in [3.8, 4) is 0 Å². The molecule has 1 aliphatic heterocycles. The minimum Gasteiger partial charge on any atom is -0.387 e. The number of aliphatic hydroxyl groups excluding tert-OH is 1. The summed E-state index contributed by atoms with van der Waals surface area (Å²) in [5.74, 6) is -0.154. The summed E-state index contributed by atoms with van der Waals surface area (Å²) in [6.07, 6.45) is 3.93. The molecule has 0 bridgehead atoms. The number of hydrogen-bond acceptors (Lipinski definition) is 5. The van der Waals surface area contributed by atoms with Crippen LogP contribution in [0.15, 0.2) is 52.9 Å². The third-order valence-corrected chi connectivity index (χ3v) is 5.89. The number of rotatable bonds is 3. The molecular formula is C19H19N3O3S. The van der Waals surface area contributed by atoms with Crippen LogP contribution >= 0.6 is 11.3 Å². The van der Waals surface area contributed by atoms with E-state index in [1.54, 1.807) is 40.6 Å². The van der Waals surface area contributed by atoms with Crippen molar-refractivity contribution in [2.24, 2.45) is 5.92 Å². The smallest absolute Gasteiger partial charge is 0.270 e. The summed E-state index contributed by atoms with van der Waals surface area (Å²) >= 11 is 1.55. The van der Waals surface area contributed by atoms with Gasteiger partial charge in [-0.2, -0.15) is 0 Å². The number of aliphatic hydroxyl groups is 1. The van der Waals surface area contributed by atoms with E-state index in [4.69, 9.17) is 0 Å². The molecule has 1 unspecified atom stereocenters. The van der Waals surface area contributed by atoms with Gasteiger partial charge in [0.2, 0.25) is 0 Å². The highest BCUT2D eigenvalue weighted by atomic mass is 32.1. The van der Waals surface area contributed by atoms with Crippen LogP contribution in [0.2, 0.25) is 0 Å². The van der Waals surface area contributed by atoms with E-state index < -0.39 is 6.10 Å². The summed E-state index contributed by atoms with van der Waals surface area (Å²) < 4.78 is 1.39. The highest BCUT2D eigenvalue weighted by Crippen LogP contribution is 2.33. The molecule has 26 heavy (non-hydrogen) atoms. The minimum absolute atomic E-state index is 0.0888. The van der Waals surface area contributed by atoms with Crippen molar-refractivity contribution in [3.63, 3.8) is 0 Å². The van der Waals surface area contributed by atoms with Crippen LogP contribution in [0.25, 0.3) is 5.65 Å². The molecule has 1 aliphatic rings. The van der Waals surface area contributed by atoms with Gasteiger partial charge in [-0.25, -0.2) is 4.98 Å². The predicted octanol–water partition coefficient (Wildman–Crippen LogP) is 2.34. The van der Waals surface area contributed by atoms with E-state index in [1.165, 1.54) is 10.6 Å². The first kappa shape index (κ1) is 16.9. The maximum Gasteiger partial charge on any atom is 0.270 e. The Morgan fingerprint density at radius 3 is 2.77 bits per heavy atom. The summed E-state index contributed by atoms with van der Waals surface area (Å²) in [7, 11) is 0. The molecule has 0 aromatic carbocycles. The molecule has 6 nitrogen and oxygen atoms in total. The molecule has 7 heteroatoms. The Kier molecular flexibility index (Phi) is 4.57. The van der Waals surface area contributed by atoms with Gasteiger partial charge < -0.3 is 10.0 Å². The lowest BCUT2D eigenvalue weighted by molar-refractivity contribution is 0.0472. The lowest BCUT2D eigenvalue weighted by Gasteiger charge is -2.33. The van der Waals surface area contributed by atoms with Gasteiger partial charge in [0.25, 0.3) is 11.5 Å². The Bertz CT molecular complexity index is 975. The Morgan fingerprint density at radius 1 is 1.23 bits per heavy atom. The van der Waals surface area contributed by atoms with E-state index in [9.17, 15) is 14.7 Å². The average molecular weight is 369 g/mol. The number of aromatic nitrogens is 2. The molecule has 1 N–H and O–H groups in total. The standard InChI is InChI=1S/C19H19N3O3S/c23-17(15-4-3-11-26-15)13-6-9-21(10-7-13)18(24)14-12-20-16-5-1-2-8-22(16)19(14)25/h1-5,8,11-13,17,23H,6-7,9-10H2. The van der Waals surface area contributed by atoms with Crippen molar-refractivity contribution in [2.75, 3.05) is 13.1 Å². The van der Waals surface area contributed by atoms with Crippen molar-refractivity contribution < 1.29 is 9.90 Å². The van der Waals surface area contributed by atoms with Gasteiger partial charge in [-0.15, -0.1) is 11.3 Å². The molecular weight excluding hydrogens is 350 g/mol. The van der Waals surface area contributed by atoms with E-state index in [1.807, 2.05) is 17.5 Å². The monoisotopic (exact) mass is 369 g/mol. The Morgan fingerprint density at radius 2 is 2.04 bits per heavy atom. The van der Waals surface area contributed by atoms with Crippen LogP contribution in [0.5, 0.6) is 0 Å². The normalized spacial score (nSPS) is 16.7. The second kappa shape index (κ2) is 7.01. The number of hydrogen-bond donors (Lipinski definition) is 1. The third-order valence-electron chi connectivity index (χ3n) is 4.95. The minimum atomic E-state index is -0.486. The van der Waals surface area contributed by atoms with Crippen LogP contribution in [-0.2, 0) is 0 Å². The second-order valence-corrected chi connectivity index (χ2v) is 7.48. The number of likely N-dealkylation sites (tertiary alicyclic amines) is 1. The van der Waals surface area contributed by atoms with Crippen LogP contribution < -0.4 is 5.56 Å². The number of thiophene rings is 1. The van der Waals surface area contributed by atoms with E-state index in [2.05, 4.69) is 4.98 Å². The lowest BCUT2D eigenvalue weighted by Crippen LogP contribution is -2.42. The van der Waals surface area contributed by atoms with Crippen LogP contribution in [0.4, 0.5) is 0 Å². The number of nitrogens with zero attached hydrogens (tertiary/aromatic N) is 3. The number of carbonyl (C=O) groups is 1. The van der Waals surface area contributed by atoms with E-state index in [0.717, 1.165) is 4.88 Å². The lowest BCUT2D eigenvalue weighted by atomic mass is 9.90. The summed E-state index contributed by atoms with van der Waals surface area (Å²) in [5.41, 5.74) is 0.263. The van der Waals surface area contributed by atoms with Gasteiger partial charge in [-0.1, -0.05) is 12.1 Å². The number of piperidine rings is 1. The molecule has 4 heterocycles. The quantitative estimate of drug-likeness (QED) is 0.769. The molecule has 134 valence electrons. The van der Waals surface area contributed by atoms with Crippen molar-refractivity contribution in [2.45, 2.75) is 18.9 Å². The van der Waals surface area contributed by atoms with Crippen LogP contribution in [0.1, 0.15) is 34.2 Å². The molecule has 1 saturated heterocycles. The maximum atomic E-state index is 12.8. The summed E-state index contributed by atoms with van der Waals surface area (Å²) in [6, 6.07) is 9.14. The summed E-state index contributed by atoms with van der Waals surface area (Å²) in [5, 5.41) is 12.4. The average Bonchev–Trinajstić information content (AvgIpc) is 3.22. The first-order valence-corrected chi connectivity index (χ1v) is 9.50. The fraction of sp³-hybridized carbons (Fsp3) is 0.316. The molecule has 1 fully saturated rings. The topological polar surface area (TPSA) is 74.9 Å². The number of pyridine rings is 1. The van der Waals surface area contributed by atoms with Crippen molar-refractivity contribution >= 4 is 22.9 Å². The highest BCUT2D eigenvalue weighted by molar-refractivity contribution is 7.10. The van der Waals surface area contributed by atoms with Crippen LogP contribution in [0.3, 0.4) is 0 Å². The Hall–Kier alpha value is -2.51. The Labute approximate surface area is 154 Å². The maximum absolute atomic E-state index is 12.8. The number of carbonyl (C=O) groups excluding carboxylic acids is 1. The summed E-state index contributed by atoms with van der Waals surface area (Å²) in [4.78, 5) is 32.2. The van der Waals surface area contributed by atoms with Crippen LogP contribution in [-0.4, -0.2) is 38.4 Å². The van der Waals surface area contributed by atoms with Crippen molar-refractivity contribution in [1.82, 2.24) is 14.3 Å². The molecule has 0 saturated carbocycles. The fourth-order valence-corrected chi connectivity index (χ4v) is 4.26. The predicted molar refractivity (Wildman–Crippen MR) is 99.4 cm³/mol. The first-order valence-electron chi connectivity index (χ1n) is 8.62. The van der Waals surface area contributed by atoms with Gasteiger partial charge >= 0.3 is 0 Å². The molecule has 1 amide bonds. The fourth-order valence-electron chi connectivity index (χ4n) is 3.45. The van der Waals surface area contributed by atoms with Gasteiger partial charge in [0.1, 0.15) is 11.2 Å². The van der Waals surface area contributed by atoms with Gasteiger partial charge in [0.05, 0.1) is 6.10 Å². The van der Waals surface area contributed by atoms with E-state index in [-0.39, 0.29) is 22.9 Å². The van der Waals surface area contributed by atoms with Gasteiger partial charge in [0.15, 0.2) is 0 Å². The number of amides is 1. The van der Waals surface area contributed by atoms with Gasteiger partial charge in [-0.05, 0) is 42.3 Å². The third kappa shape index (κ3) is 3.04. The van der Waals surface area contributed by atoms with Gasteiger partial charge in [-0.3, -0.25) is 14.0 Å². The largest absolute Gasteiger partial charge is 0.387 e. The highest BCUT2D eigenvalue weighted by Gasteiger charge is 2.30. The molecule has 0 spiro atoms. The van der Waals surface area contributed by atoms with Crippen molar-refractivity contribution in [1.29, 1.82) is 0 Å². The molecule has 4 rings (SSSR count). The molecule has 3 aromatic rings. The van der Waals surface area contributed by atoms with Crippen LogP contribution in [0, 0.1) is 5.92 Å². The molecule has 0 aliphatic carbocycles. The zero-order chi connectivity index (χ0) is 18.1.